The van der Waals surface area contributed by atoms with Crippen LogP contribution in [0.15, 0.2) is 36.4 Å². The number of imide groups is 1. The Morgan fingerprint density at radius 2 is 1.89 bits per heavy atom. The van der Waals surface area contributed by atoms with Crippen molar-refractivity contribution in [2.24, 2.45) is 0 Å². The van der Waals surface area contributed by atoms with Crippen molar-refractivity contribution >= 4 is 29.5 Å². The molecule has 0 aliphatic rings. The third-order valence-corrected chi connectivity index (χ3v) is 2.38. The molecule has 19 heavy (non-hydrogen) atoms. The molecular formula is C12H11ClN2O4. The Kier molecular flexibility index (Phi) is 5.56. The van der Waals surface area contributed by atoms with E-state index in [0.29, 0.717) is 16.7 Å². The Morgan fingerprint density at radius 1 is 1.21 bits per heavy atom. The van der Waals surface area contributed by atoms with Crippen molar-refractivity contribution in [3.63, 3.8) is 0 Å². The SMILES string of the molecule is O=C(O)/C=C/C(=O)NC(=O)NCc1ccccc1Cl. The summed E-state index contributed by atoms with van der Waals surface area (Å²) in [7, 11) is 0. The normalized spacial score (nSPS) is 10.2. The van der Waals surface area contributed by atoms with Crippen LogP contribution >= 0.6 is 11.6 Å². The fourth-order valence-electron chi connectivity index (χ4n) is 1.16. The van der Waals surface area contributed by atoms with Gasteiger partial charge in [0.15, 0.2) is 0 Å². The third-order valence-electron chi connectivity index (χ3n) is 2.01. The third kappa shape index (κ3) is 5.69. The number of rotatable bonds is 4. The molecule has 100 valence electrons. The zero-order valence-electron chi connectivity index (χ0n) is 9.72. The summed E-state index contributed by atoms with van der Waals surface area (Å²) in [6.45, 7) is 0.154. The molecular weight excluding hydrogens is 272 g/mol. The highest BCUT2D eigenvalue weighted by Gasteiger charge is 2.06. The van der Waals surface area contributed by atoms with Gasteiger partial charge < -0.3 is 10.4 Å². The molecule has 0 radical (unpaired) electrons. The first-order valence-electron chi connectivity index (χ1n) is 5.22. The Hall–Kier alpha value is -2.34. The molecule has 1 rings (SSSR count). The minimum atomic E-state index is -1.27. The molecule has 0 heterocycles. The van der Waals surface area contributed by atoms with Crippen LogP contribution in [0.4, 0.5) is 4.79 Å². The van der Waals surface area contributed by atoms with Crippen molar-refractivity contribution in [2.75, 3.05) is 0 Å². The van der Waals surface area contributed by atoms with Crippen LogP contribution in [0.5, 0.6) is 0 Å². The van der Waals surface area contributed by atoms with E-state index in [1.807, 2.05) is 5.32 Å². The molecule has 3 amide bonds. The molecule has 7 heteroatoms. The van der Waals surface area contributed by atoms with Crippen molar-refractivity contribution in [3.8, 4) is 0 Å². The molecule has 6 nitrogen and oxygen atoms in total. The number of carboxylic acids is 1. The van der Waals surface area contributed by atoms with Gasteiger partial charge in [0.05, 0.1) is 0 Å². The maximum absolute atomic E-state index is 11.3. The predicted molar refractivity (Wildman–Crippen MR) is 68.6 cm³/mol. The maximum Gasteiger partial charge on any atom is 0.328 e. The summed E-state index contributed by atoms with van der Waals surface area (Å²) < 4.78 is 0. The molecule has 0 fully saturated rings. The number of aliphatic carboxylic acids is 1. The van der Waals surface area contributed by atoms with Crippen LogP contribution in [-0.4, -0.2) is 23.0 Å². The molecule has 0 saturated heterocycles. The van der Waals surface area contributed by atoms with Crippen LogP contribution in [0, 0.1) is 0 Å². The molecule has 0 aliphatic heterocycles. The minimum Gasteiger partial charge on any atom is -0.478 e. The lowest BCUT2D eigenvalue weighted by molar-refractivity contribution is -0.131. The highest BCUT2D eigenvalue weighted by Crippen LogP contribution is 2.13. The van der Waals surface area contributed by atoms with Crippen LogP contribution in [0.3, 0.4) is 0 Å². The summed E-state index contributed by atoms with van der Waals surface area (Å²) in [5, 5.41) is 13.2. The summed E-state index contributed by atoms with van der Waals surface area (Å²) in [6, 6.07) is 6.19. The lowest BCUT2D eigenvalue weighted by Crippen LogP contribution is -2.38. The molecule has 3 N–H and O–H groups in total. The van der Waals surface area contributed by atoms with E-state index in [4.69, 9.17) is 16.7 Å². The average Bonchev–Trinajstić information content (AvgIpc) is 2.35. The summed E-state index contributed by atoms with van der Waals surface area (Å²) >= 11 is 5.88. The number of halogens is 1. The molecule has 0 bridgehead atoms. The van der Waals surface area contributed by atoms with Crippen LogP contribution in [-0.2, 0) is 16.1 Å². The zero-order chi connectivity index (χ0) is 14.3. The van der Waals surface area contributed by atoms with Gasteiger partial charge in [0.2, 0.25) is 0 Å². The zero-order valence-corrected chi connectivity index (χ0v) is 10.5. The van der Waals surface area contributed by atoms with Gasteiger partial charge in [0.25, 0.3) is 5.91 Å². The molecule has 1 aromatic rings. The molecule has 0 unspecified atom stereocenters. The maximum atomic E-state index is 11.3. The average molecular weight is 283 g/mol. The first kappa shape index (κ1) is 14.7. The fourth-order valence-corrected chi connectivity index (χ4v) is 1.36. The smallest absolute Gasteiger partial charge is 0.328 e. The fraction of sp³-hybridized carbons (Fsp3) is 0.0833. The van der Waals surface area contributed by atoms with Crippen LogP contribution in [0.1, 0.15) is 5.56 Å². The molecule has 0 atom stereocenters. The number of carboxylic acid groups (broad SMARTS) is 1. The quantitative estimate of drug-likeness (QED) is 0.726. The van der Waals surface area contributed by atoms with Crippen molar-refractivity contribution in [1.29, 1.82) is 0 Å². The molecule has 0 aromatic heterocycles. The Balaban J connectivity index is 2.42. The number of carbonyl (C=O) groups is 3. The van der Waals surface area contributed by atoms with Crippen molar-refractivity contribution in [2.45, 2.75) is 6.54 Å². The monoisotopic (exact) mass is 282 g/mol. The van der Waals surface area contributed by atoms with Gasteiger partial charge >= 0.3 is 12.0 Å². The minimum absolute atomic E-state index is 0.154. The number of benzene rings is 1. The molecule has 0 spiro atoms. The first-order chi connectivity index (χ1) is 8.99. The van der Waals surface area contributed by atoms with E-state index < -0.39 is 17.9 Å². The standard InChI is InChI=1S/C12H11ClN2O4/c13-9-4-2-1-3-8(9)7-14-12(19)15-10(16)5-6-11(17)18/h1-6H,7H2,(H,17,18)(H2,14,15,16,19)/b6-5+. The highest BCUT2D eigenvalue weighted by atomic mass is 35.5. The van der Waals surface area contributed by atoms with E-state index in [2.05, 4.69) is 5.32 Å². The summed E-state index contributed by atoms with van der Waals surface area (Å²) in [4.78, 5) is 32.6. The Labute approximate surface area is 114 Å². The number of hydrogen-bond acceptors (Lipinski definition) is 3. The largest absolute Gasteiger partial charge is 0.478 e. The summed E-state index contributed by atoms with van der Waals surface area (Å²) in [5.74, 6) is -2.09. The van der Waals surface area contributed by atoms with Gasteiger partial charge in [0, 0.05) is 23.7 Å². The Bertz CT molecular complexity index is 528. The molecule has 0 saturated carbocycles. The number of amides is 3. The van der Waals surface area contributed by atoms with Gasteiger partial charge in [-0.3, -0.25) is 10.1 Å². The van der Waals surface area contributed by atoms with Gasteiger partial charge in [-0.2, -0.15) is 0 Å². The van der Waals surface area contributed by atoms with Crippen molar-refractivity contribution in [1.82, 2.24) is 10.6 Å². The van der Waals surface area contributed by atoms with E-state index in [9.17, 15) is 14.4 Å². The topological polar surface area (TPSA) is 95.5 Å². The van der Waals surface area contributed by atoms with E-state index in [-0.39, 0.29) is 6.54 Å². The number of carbonyl (C=O) groups excluding carboxylic acids is 2. The van der Waals surface area contributed by atoms with Crippen LogP contribution in [0.2, 0.25) is 5.02 Å². The van der Waals surface area contributed by atoms with Gasteiger partial charge in [-0.05, 0) is 11.6 Å². The van der Waals surface area contributed by atoms with E-state index in [0.717, 1.165) is 6.08 Å². The van der Waals surface area contributed by atoms with E-state index in [1.54, 1.807) is 24.3 Å². The molecule has 1 aromatic carbocycles. The van der Waals surface area contributed by atoms with E-state index in [1.165, 1.54) is 0 Å². The number of hydrogen-bond donors (Lipinski definition) is 3. The summed E-state index contributed by atoms with van der Waals surface area (Å²) in [5.41, 5.74) is 0.702. The Morgan fingerprint density at radius 3 is 2.53 bits per heavy atom. The number of urea groups is 1. The van der Waals surface area contributed by atoms with Crippen molar-refractivity contribution < 1.29 is 19.5 Å². The van der Waals surface area contributed by atoms with E-state index >= 15 is 0 Å². The lowest BCUT2D eigenvalue weighted by Gasteiger charge is -2.06. The second kappa shape index (κ2) is 7.17. The number of nitrogens with one attached hydrogen (secondary N) is 2. The van der Waals surface area contributed by atoms with Crippen LogP contribution in [0.25, 0.3) is 0 Å². The second-order valence-electron chi connectivity index (χ2n) is 3.43. The van der Waals surface area contributed by atoms with Gasteiger partial charge in [-0.25, -0.2) is 9.59 Å². The van der Waals surface area contributed by atoms with Gasteiger partial charge in [-0.15, -0.1) is 0 Å². The van der Waals surface area contributed by atoms with Gasteiger partial charge in [0.1, 0.15) is 0 Å². The van der Waals surface area contributed by atoms with Crippen molar-refractivity contribution in [3.05, 3.63) is 47.0 Å². The van der Waals surface area contributed by atoms with Gasteiger partial charge in [-0.1, -0.05) is 29.8 Å². The predicted octanol–water partition coefficient (Wildman–Crippen LogP) is 1.31. The summed E-state index contributed by atoms with van der Waals surface area (Å²) in [6.07, 6.45) is 1.38. The highest BCUT2D eigenvalue weighted by molar-refractivity contribution is 6.31. The lowest BCUT2D eigenvalue weighted by atomic mass is 10.2. The first-order valence-corrected chi connectivity index (χ1v) is 5.60. The molecule has 0 aliphatic carbocycles. The van der Waals surface area contributed by atoms with Crippen LogP contribution < -0.4 is 10.6 Å². The second-order valence-corrected chi connectivity index (χ2v) is 3.84.